The number of oxime groups is 2. The van der Waals surface area contributed by atoms with Gasteiger partial charge in [0.25, 0.3) is 0 Å². The van der Waals surface area contributed by atoms with Crippen LogP contribution in [-0.2, 0) is 9.68 Å². The summed E-state index contributed by atoms with van der Waals surface area (Å²) in [7, 11) is 2.80. The molecule has 0 fully saturated rings. The molecule has 0 saturated heterocycles. The van der Waals surface area contributed by atoms with Crippen LogP contribution >= 0.6 is 0 Å². The third-order valence-corrected chi connectivity index (χ3v) is 2.42. The summed E-state index contributed by atoms with van der Waals surface area (Å²) in [5, 5.41) is 18.1. The SMILES string of the molecule is C=NO/N=C/C=Nc1cc(C(=O)OC)ccc1NCCC#N.CN. The molecular weight excluding hydrogens is 312 g/mol. The van der Waals surface area contributed by atoms with E-state index >= 15 is 0 Å². The highest BCUT2D eigenvalue weighted by Crippen LogP contribution is 2.26. The van der Waals surface area contributed by atoms with Crippen molar-refractivity contribution >= 4 is 36.5 Å². The van der Waals surface area contributed by atoms with Crippen molar-refractivity contribution in [1.82, 2.24) is 0 Å². The molecule has 0 aliphatic heterocycles. The average molecular weight is 332 g/mol. The summed E-state index contributed by atoms with van der Waals surface area (Å²) in [5.41, 5.74) is 6.04. The monoisotopic (exact) mass is 332 g/mol. The van der Waals surface area contributed by atoms with Crippen molar-refractivity contribution in [3.8, 4) is 6.07 Å². The number of aliphatic imine (C=N–C) groups is 1. The number of hydrogen-bond acceptors (Lipinski definition) is 9. The summed E-state index contributed by atoms with van der Waals surface area (Å²) in [6.07, 6.45) is 3.00. The van der Waals surface area contributed by atoms with Gasteiger partial charge in [0.1, 0.15) is 0 Å². The summed E-state index contributed by atoms with van der Waals surface area (Å²) in [6, 6.07) is 6.90. The molecule has 0 aliphatic rings. The van der Waals surface area contributed by atoms with Crippen LogP contribution in [0.25, 0.3) is 0 Å². The predicted molar refractivity (Wildman–Crippen MR) is 93.9 cm³/mol. The van der Waals surface area contributed by atoms with Crippen molar-refractivity contribution in [1.29, 1.82) is 5.26 Å². The third-order valence-electron chi connectivity index (χ3n) is 2.42. The molecule has 24 heavy (non-hydrogen) atoms. The second-order valence-corrected chi connectivity index (χ2v) is 3.80. The van der Waals surface area contributed by atoms with Gasteiger partial charge >= 0.3 is 5.97 Å². The summed E-state index contributed by atoms with van der Waals surface area (Å²) in [4.78, 5) is 20.0. The van der Waals surface area contributed by atoms with Crippen molar-refractivity contribution < 1.29 is 14.5 Å². The highest BCUT2D eigenvalue weighted by molar-refractivity contribution is 6.16. The fraction of sp³-hybridized carbons (Fsp3) is 0.267. The highest BCUT2D eigenvalue weighted by Gasteiger charge is 2.09. The number of rotatable bonds is 8. The number of anilines is 1. The van der Waals surface area contributed by atoms with Gasteiger partial charge in [-0.25, -0.2) is 9.73 Å². The van der Waals surface area contributed by atoms with E-state index in [4.69, 9.17) is 5.26 Å². The Balaban J connectivity index is 0.00000254. The van der Waals surface area contributed by atoms with Gasteiger partial charge in [-0.1, -0.05) is 10.3 Å². The normalized spacial score (nSPS) is 9.75. The van der Waals surface area contributed by atoms with Gasteiger partial charge in [0, 0.05) is 19.5 Å². The first-order valence-electron chi connectivity index (χ1n) is 6.82. The first-order valence-corrected chi connectivity index (χ1v) is 6.82. The van der Waals surface area contributed by atoms with Gasteiger partial charge in [-0.2, -0.15) is 5.26 Å². The number of nitrogens with zero attached hydrogens (tertiary/aromatic N) is 4. The molecule has 0 atom stereocenters. The number of esters is 1. The molecule has 9 heteroatoms. The predicted octanol–water partition coefficient (Wildman–Crippen LogP) is 1.69. The van der Waals surface area contributed by atoms with Crippen LogP contribution in [0.3, 0.4) is 0 Å². The zero-order chi connectivity index (χ0) is 18.2. The van der Waals surface area contributed by atoms with Crippen LogP contribution in [0.1, 0.15) is 16.8 Å². The van der Waals surface area contributed by atoms with Gasteiger partial charge in [0.05, 0.1) is 42.8 Å². The largest absolute Gasteiger partial charge is 0.465 e. The number of benzene rings is 1. The Hall–Kier alpha value is -3.25. The Bertz CT molecular complexity index is 622. The number of carbonyl (C=O) groups excluding carboxylic acids is 1. The Labute approximate surface area is 140 Å². The molecule has 0 amide bonds. The van der Waals surface area contributed by atoms with Gasteiger partial charge in [-0.05, 0) is 25.2 Å². The Morgan fingerprint density at radius 1 is 1.46 bits per heavy atom. The molecule has 0 aliphatic carbocycles. The first-order chi connectivity index (χ1) is 11.7. The zero-order valence-corrected chi connectivity index (χ0v) is 13.6. The molecule has 128 valence electrons. The number of nitrogens with two attached hydrogens (primary N) is 1. The van der Waals surface area contributed by atoms with E-state index < -0.39 is 5.97 Å². The molecular formula is C15H20N6O3. The van der Waals surface area contributed by atoms with Crippen molar-refractivity contribution in [3.05, 3.63) is 23.8 Å². The van der Waals surface area contributed by atoms with Crippen LogP contribution in [-0.4, -0.2) is 45.8 Å². The lowest BCUT2D eigenvalue weighted by molar-refractivity contribution is 0.0601. The number of nitriles is 1. The number of ether oxygens (including phenoxy) is 1. The van der Waals surface area contributed by atoms with Gasteiger partial charge in [-0.15, -0.1) is 0 Å². The number of carbonyl (C=O) groups is 1. The molecule has 0 heterocycles. The number of nitrogens with one attached hydrogen (secondary N) is 1. The van der Waals surface area contributed by atoms with E-state index in [2.05, 4.69) is 42.7 Å². The van der Waals surface area contributed by atoms with E-state index in [1.807, 2.05) is 6.07 Å². The summed E-state index contributed by atoms with van der Waals surface area (Å²) < 4.78 is 4.67. The van der Waals surface area contributed by atoms with Crippen LogP contribution < -0.4 is 11.1 Å². The molecule has 0 unspecified atom stereocenters. The van der Waals surface area contributed by atoms with Crippen molar-refractivity contribution in [3.63, 3.8) is 0 Å². The molecule has 0 spiro atoms. The topological polar surface area (TPSA) is 134 Å². The maximum Gasteiger partial charge on any atom is 0.337 e. The van der Waals surface area contributed by atoms with Gasteiger partial charge < -0.3 is 15.8 Å². The van der Waals surface area contributed by atoms with E-state index in [0.29, 0.717) is 29.9 Å². The molecule has 9 nitrogen and oxygen atoms in total. The second-order valence-electron chi connectivity index (χ2n) is 3.80. The molecule has 1 aromatic rings. The van der Waals surface area contributed by atoms with E-state index in [0.717, 1.165) is 0 Å². The minimum Gasteiger partial charge on any atom is -0.465 e. The van der Waals surface area contributed by atoms with Crippen LogP contribution in [0.15, 0.2) is 33.5 Å². The minimum atomic E-state index is -0.465. The lowest BCUT2D eigenvalue weighted by Gasteiger charge is -2.09. The van der Waals surface area contributed by atoms with Crippen LogP contribution in [0.4, 0.5) is 11.4 Å². The van der Waals surface area contributed by atoms with Crippen LogP contribution in [0.2, 0.25) is 0 Å². The number of hydrogen-bond donors (Lipinski definition) is 2. The molecule has 0 saturated carbocycles. The fourth-order valence-corrected chi connectivity index (χ4v) is 1.49. The third kappa shape index (κ3) is 7.67. The average Bonchev–Trinajstić information content (AvgIpc) is 2.63. The second kappa shape index (κ2) is 13.4. The van der Waals surface area contributed by atoms with Crippen molar-refractivity contribution in [2.75, 3.05) is 26.0 Å². The lowest BCUT2D eigenvalue weighted by atomic mass is 10.1. The fourth-order valence-electron chi connectivity index (χ4n) is 1.49. The maximum absolute atomic E-state index is 11.5. The maximum atomic E-state index is 11.5. The molecule has 0 radical (unpaired) electrons. The minimum absolute atomic E-state index is 0.349. The van der Waals surface area contributed by atoms with E-state index in [-0.39, 0.29) is 0 Å². The van der Waals surface area contributed by atoms with E-state index in [1.54, 1.807) is 18.2 Å². The zero-order valence-electron chi connectivity index (χ0n) is 13.6. The lowest BCUT2D eigenvalue weighted by Crippen LogP contribution is -2.04. The van der Waals surface area contributed by atoms with Crippen LogP contribution in [0.5, 0.6) is 0 Å². The Kier molecular flexibility index (Phi) is 11.6. The number of methoxy groups -OCH3 is 1. The molecule has 1 aromatic carbocycles. The Morgan fingerprint density at radius 3 is 2.83 bits per heavy atom. The molecule has 1 rings (SSSR count). The highest BCUT2D eigenvalue weighted by atomic mass is 16.8. The van der Waals surface area contributed by atoms with Gasteiger partial charge in [0.15, 0.2) is 0 Å². The molecule has 0 bridgehead atoms. The first kappa shape index (κ1) is 20.8. The molecule has 3 N–H and O–H groups in total. The quantitative estimate of drug-likeness (QED) is 0.322. The van der Waals surface area contributed by atoms with Crippen molar-refractivity contribution in [2.24, 2.45) is 21.0 Å². The summed E-state index contributed by atoms with van der Waals surface area (Å²) in [5.74, 6) is -0.465. The molecule has 0 aromatic heterocycles. The van der Waals surface area contributed by atoms with E-state index in [9.17, 15) is 4.79 Å². The van der Waals surface area contributed by atoms with Gasteiger partial charge in [0.2, 0.25) is 0 Å². The smallest absolute Gasteiger partial charge is 0.337 e. The Morgan fingerprint density at radius 2 is 2.21 bits per heavy atom. The van der Waals surface area contributed by atoms with Gasteiger partial charge in [-0.3, -0.25) is 4.99 Å². The van der Waals surface area contributed by atoms with E-state index in [1.165, 1.54) is 26.6 Å². The van der Waals surface area contributed by atoms with Crippen molar-refractivity contribution in [2.45, 2.75) is 6.42 Å². The standard InChI is InChI=1S/C14H15N5O3.CH5N/c1-16-22-19-9-8-18-13-10-11(14(20)21-2)4-5-12(13)17-7-3-6-15;1-2/h4-5,8-10,17H,1,3,7H2,2H3;2H2,1H3/b18-8?,19-9+;. The summed E-state index contributed by atoms with van der Waals surface area (Å²) >= 11 is 0. The summed E-state index contributed by atoms with van der Waals surface area (Å²) in [6.45, 7) is 3.56. The van der Waals surface area contributed by atoms with Crippen LogP contribution in [0, 0.1) is 11.3 Å².